The van der Waals surface area contributed by atoms with Crippen LogP contribution in [0.2, 0.25) is 0 Å². The monoisotopic (exact) mass is 169 g/mol. The summed E-state index contributed by atoms with van der Waals surface area (Å²) in [6.45, 7) is 6.17. The van der Waals surface area contributed by atoms with Crippen molar-refractivity contribution in [1.29, 1.82) is 0 Å². The molecule has 1 saturated heterocycles. The highest BCUT2D eigenvalue weighted by Crippen LogP contribution is 2.20. The summed E-state index contributed by atoms with van der Waals surface area (Å²) >= 11 is 0. The van der Waals surface area contributed by atoms with Crippen molar-refractivity contribution in [1.82, 2.24) is 4.90 Å². The van der Waals surface area contributed by atoms with E-state index in [9.17, 15) is 9.59 Å². The predicted molar refractivity (Wildman–Crippen MR) is 45.6 cm³/mol. The van der Waals surface area contributed by atoms with E-state index in [1.54, 1.807) is 4.90 Å². The van der Waals surface area contributed by atoms with Crippen LogP contribution in [0, 0.1) is 5.92 Å². The van der Waals surface area contributed by atoms with Gasteiger partial charge >= 0.3 is 0 Å². The molecule has 0 saturated carbocycles. The van der Waals surface area contributed by atoms with Gasteiger partial charge in [-0.1, -0.05) is 0 Å². The summed E-state index contributed by atoms with van der Waals surface area (Å²) in [5, 5.41) is 0. The van der Waals surface area contributed by atoms with Gasteiger partial charge < -0.3 is 4.90 Å². The van der Waals surface area contributed by atoms with Crippen molar-refractivity contribution in [3.63, 3.8) is 0 Å². The Hall–Kier alpha value is -0.860. The molecule has 3 heteroatoms. The Morgan fingerprint density at radius 1 is 1.58 bits per heavy atom. The van der Waals surface area contributed by atoms with Crippen LogP contribution in [0.4, 0.5) is 0 Å². The Morgan fingerprint density at radius 2 is 2.17 bits per heavy atom. The van der Waals surface area contributed by atoms with Crippen LogP contribution >= 0.6 is 0 Å². The van der Waals surface area contributed by atoms with E-state index in [1.807, 2.05) is 13.8 Å². The van der Waals surface area contributed by atoms with E-state index >= 15 is 0 Å². The Kier molecular flexibility index (Phi) is 2.50. The molecule has 1 amide bonds. The molecule has 0 bridgehead atoms. The van der Waals surface area contributed by atoms with Crippen LogP contribution in [-0.4, -0.2) is 29.2 Å². The first kappa shape index (κ1) is 9.23. The zero-order valence-corrected chi connectivity index (χ0v) is 7.83. The van der Waals surface area contributed by atoms with E-state index < -0.39 is 0 Å². The third-order valence-electron chi connectivity index (χ3n) is 2.35. The highest BCUT2D eigenvalue weighted by molar-refractivity contribution is 6.01. The maximum absolute atomic E-state index is 11.5. The molecule has 0 aliphatic carbocycles. The number of likely N-dealkylation sites (tertiary alicyclic amines) is 1. The molecule has 0 aromatic carbocycles. The molecule has 1 unspecified atom stereocenters. The van der Waals surface area contributed by atoms with Gasteiger partial charge in [0.25, 0.3) is 0 Å². The van der Waals surface area contributed by atoms with E-state index in [2.05, 4.69) is 0 Å². The van der Waals surface area contributed by atoms with E-state index in [-0.39, 0.29) is 23.7 Å². The lowest BCUT2D eigenvalue weighted by atomic mass is 10.0. The molecular formula is C9H15NO2. The van der Waals surface area contributed by atoms with Crippen LogP contribution in [0.1, 0.15) is 27.2 Å². The molecule has 0 aromatic heterocycles. The number of amides is 1. The molecular weight excluding hydrogens is 154 g/mol. The van der Waals surface area contributed by atoms with Gasteiger partial charge in [-0.25, -0.2) is 0 Å². The molecule has 0 aromatic rings. The first-order valence-electron chi connectivity index (χ1n) is 4.35. The van der Waals surface area contributed by atoms with Crippen LogP contribution in [0.25, 0.3) is 0 Å². The maximum Gasteiger partial charge on any atom is 0.233 e. The van der Waals surface area contributed by atoms with Gasteiger partial charge in [-0.15, -0.1) is 0 Å². The topological polar surface area (TPSA) is 37.4 Å². The Bertz CT molecular complexity index is 211. The quantitative estimate of drug-likeness (QED) is 0.574. The minimum atomic E-state index is -0.354. The minimum Gasteiger partial charge on any atom is -0.340 e. The zero-order valence-electron chi connectivity index (χ0n) is 7.83. The zero-order chi connectivity index (χ0) is 9.30. The molecule has 3 nitrogen and oxygen atoms in total. The molecule has 1 heterocycles. The number of Topliss-reactive ketones (excluding diaryl/α,β-unsaturated/α-hetero) is 1. The second-order valence-electron chi connectivity index (χ2n) is 3.58. The van der Waals surface area contributed by atoms with Gasteiger partial charge in [0, 0.05) is 12.6 Å². The molecule has 1 aliphatic heterocycles. The van der Waals surface area contributed by atoms with E-state index in [4.69, 9.17) is 0 Å². The summed E-state index contributed by atoms with van der Waals surface area (Å²) in [7, 11) is 0. The Labute approximate surface area is 72.7 Å². The number of hydrogen-bond donors (Lipinski definition) is 0. The number of carbonyl (C=O) groups excluding carboxylic acids is 2. The summed E-state index contributed by atoms with van der Waals surface area (Å²) in [6.07, 6.45) is 0.701. The molecule has 0 radical (unpaired) electrons. The molecule has 1 fully saturated rings. The van der Waals surface area contributed by atoms with E-state index in [0.29, 0.717) is 6.42 Å². The largest absolute Gasteiger partial charge is 0.340 e. The smallest absolute Gasteiger partial charge is 0.233 e. The highest BCUT2D eigenvalue weighted by atomic mass is 16.2. The van der Waals surface area contributed by atoms with Gasteiger partial charge in [0.15, 0.2) is 0 Å². The van der Waals surface area contributed by atoms with Gasteiger partial charge in [-0.05, 0) is 27.2 Å². The van der Waals surface area contributed by atoms with Gasteiger partial charge in [0.05, 0.1) is 5.92 Å². The SMILES string of the molecule is CC(=O)C1CCN(C(C)C)C1=O. The fourth-order valence-corrected chi connectivity index (χ4v) is 1.59. The van der Waals surface area contributed by atoms with Crippen LogP contribution in [-0.2, 0) is 9.59 Å². The molecule has 12 heavy (non-hydrogen) atoms. The van der Waals surface area contributed by atoms with Crippen molar-refractivity contribution >= 4 is 11.7 Å². The van der Waals surface area contributed by atoms with Gasteiger partial charge in [0.1, 0.15) is 5.78 Å². The second kappa shape index (κ2) is 3.25. The molecule has 1 rings (SSSR count). The highest BCUT2D eigenvalue weighted by Gasteiger charge is 2.35. The van der Waals surface area contributed by atoms with Crippen LogP contribution in [0.15, 0.2) is 0 Å². The van der Waals surface area contributed by atoms with Crippen LogP contribution in [0.3, 0.4) is 0 Å². The summed E-state index contributed by atoms with van der Waals surface area (Å²) in [5.41, 5.74) is 0. The predicted octanol–water partition coefficient (Wildman–Crippen LogP) is 0.832. The number of ketones is 1. The standard InChI is InChI=1S/C9H15NO2/c1-6(2)10-5-4-8(7(3)11)9(10)12/h6,8H,4-5H2,1-3H3. The summed E-state index contributed by atoms with van der Waals surface area (Å²) < 4.78 is 0. The maximum atomic E-state index is 11.5. The molecule has 0 spiro atoms. The number of carbonyl (C=O) groups is 2. The third kappa shape index (κ3) is 1.49. The average Bonchev–Trinajstić information content (AvgIpc) is 2.30. The molecule has 0 N–H and O–H groups in total. The van der Waals surface area contributed by atoms with Crippen molar-refractivity contribution in [2.24, 2.45) is 5.92 Å². The Balaban J connectivity index is 2.67. The van der Waals surface area contributed by atoms with Crippen molar-refractivity contribution in [2.75, 3.05) is 6.54 Å². The number of hydrogen-bond acceptors (Lipinski definition) is 2. The Morgan fingerprint density at radius 3 is 2.42 bits per heavy atom. The van der Waals surface area contributed by atoms with Crippen molar-refractivity contribution in [3.05, 3.63) is 0 Å². The molecule has 1 atom stereocenters. The van der Waals surface area contributed by atoms with E-state index in [1.165, 1.54) is 6.92 Å². The summed E-state index contributed by atoms with van der Waals surface area (Å²) in [6, 6.07) is 0.224. The third-order valence-corrected chi connectivity index (χ3v) is 2.35. The van der Waals surface area contributed by atoms with Crippen molar-refractivity contribution in [2.45, 2.75) is 33.2 Å². The summed E-state index contributed by atoms with van der Waals surface area (Å²) in [4.78, 5) is 24.2. The van der Waals surface area contributed by atoms with Gasteiger partial charge in [-0.2, -0.15) is 0 Å². The minimum absolute atomic E-state index is 0.00292. The van der Waals surface area contributed by atoms with Gasteiger partial charge in [0.2, 0.25) is 5.91 Å². The van der Waals surface area contributed by atoms with Gasteiger partial charge in [-0.3, -0.25) is 9.59 Å². The normalized spacial score (nSPS) is 23.8. The van der Waals surface area contributed by atoms with E-state index in [0.717, 1.165) is 6.54 Å². The summed E-state index contributed by atoms with van der Waals surface area (Å²) in [5.74, 6) is -0.340. The van der Waals surface area contributed by atoms with Crippen molar-refractivity contribution < 1.29 is 9.59 Å². The molecule has 68 valence electrons. The lowest BCUT2D eigenvalue weighted by molar-refractivity contribution is -0.137. The lowest BCUT2D eigenvalue weighted by Gasteiger charge is -2.20. The fourth-order valence-electron chi connectivity index (χ4n) is 1.59. The van der Waals surface area contributed by atoms with Crippen LogP contribution in [0.5, 0.6) is 0 Å². The van der Waals surface area contributed by atoms with Crippen molar-refractivity contribution in [3.8, 4) is 0 Å². The first-order chi connectivity index (χ1) is 5.54. The fraction of sp³-hybridized carbons (Fsp3) is 0.778. The second-order valence-corrected chi connectivity index (χ2v) is 3.58. The first-order valence-corrected chi connectivity index (χ1v) is 4.35. The van der Waals surface area contributed by atoms with Crippen LogP contribution < -0.4 is 0 Å². The number of nitrogens with zero attached hydrogens (tertiary/aromatic N) is 1. The lowest BCUT2D eigenvalue weighted by Crippen LogP contribution is -2.34. The molecule has 1 aliphatic rings. The number of rotatable bonds is 2. The average molecular weight is 169 g/mol.